The molecule has 0 atom stereocenters. The van der Waals surface area contributed by atoms with Gasteiger partial charge in [-0.05, 0) is 0 Å². The molecule has 16 heavy (non-hydrogen) atoms. The van der Waals surface area contributed by atoms with Crippen LogP contribution in [0.3, 0.4) is 0 Å². The second kappa shape index (κ2) is 4.25. The van der Waals surface area contributed by atoms with E-state index in [1.165, 1.54) is 0 Å². The molecule has 0 amide bonds. The van der Waals surface area contributed by atoms with Crippen molar-refractivity contribution in [2.75, 3.05) is 0 Å². The van der Waals surface area contributed by atoms with Crippen LogP contribution in [-0.4, -0.2) is 49.4 Å². The van der Waals surface area contributed by atoms with Crippen LogP contribution in [0, 0.1) is 0 Å². The molecule has 10 heteroatoms. The molecule has 0 aromatic rings. The Morgan fingerprint density at radius 1 is 0.688 bits per heavy atom. The van der Waals surface area contributed by atoms with Crippen molar-refractivity contribution in [3.05, 3.63) is 0 Å². The first-order valence-electron chi connectivity index (χ1n) is 3.86. The number of carbonyl (C=O) groups is 4. The molecular weight excluding hydrogens is 335 g/mol. The number of hydrogen-bond acceptors (Lipinski definition) is 8. The third-order valence-corrected chi connectivity index (χ3v) is 6.99. The molecule has 9 nitrogen and oxygen atoms in total. The van der Waals surface area contributed by atoms with Gasteiger partial charge in [-0.2, -0.15) is 0 Å². The second-order valence-electron chi connectivity index (χ2n) is 2.75. The van der Waals surface area contributed by atoms with Gasteiger partial charge in [0.1, 0.15) is 0 Å². The van der Waals surface area contributed by atoms with E-state index in [9.17, 15) is 19.2 Å². The molecule has 0 aromatic heterocycles. The molecule has 1 spiro atoms. The molecule has 2 saturated heterocycles. The molecule has 2 aliphatic heterocycles. The Hall–Kier alpha value is -1.36. The summed E-state index contributed by atoms with van der Waals surface area (Å²) < 4.78 is 18.3. The average molecular weight is 341 g/mol. The van der Waals surface area contributed by atoms with E-state index in [0.717, 1.165) is 0 Å². The average Bonchev–Trinajstić information content (AvgIpc) is 1.96. The van der Waals surface area contributed by atoms with Gasteiger partial charge in [0, 0.05) is 0 Å². The predicted octanol–water partition coefficient (Wildman–Crippen LogP) is -2.42. The molecule has 0 bridgehead atoms. The maximum absolute atomic E-state index is 10.9. The molecule has 2 rings (SSSR count). The van der Waals surface area contributed by atoms with Gasteiger partial charge in [0.2, 0.25) is 0 Å². The van der Waals surface area contributed by atoms with E-state index in [1.807, 2.05) is 0 Å². The Balaban J connectivity index is 0.00000128. The third kappa shape index (κ3) is 2.41. The van der Waals surface area contributed by atoms with Crippen molar-refractivity contribution < 1.29 is 37.0 Å². The minimum atomic E-state index is -5.02. The fourth-order valence-corrected chi connectivity index (χ4v) is 5.78. The van der Waals surface area contributed by atoms with Crippen molar-refractivity contribution >= 4 is 43.9 Å². The first kappa shape index (κ1) is 12.7. The van der Waals surface area contributed by atoms with Gasteiger partial charge >= 0.3 is 88.2 Å². The summed E-state index contributed by atoms with van der Waals surface area (Å²) in [5.41, 5.74) is 0. The van der Waals surface area contributed by atoms with Crippen molar-refractivity contribution in [2.45, 2.75) is 12.8 Å². The van der Waals surface area contributed by atoms with Crippen LogP contribution in [0.4, 0.5) is 0 Å². The monoisotopic (exact) mass is 342 g/mol. The molecule has 2 N–H and O–H groups in total. The molecule has 2 heterocycles. The van der Waals surface area contributed by atoms with E-state index in [2.05, 4.69) is 12.3 Å². The van der Waals surface area contributed by atoms with Gasteiger partial charge in [0.15, 0.2) is 0 Å². The zero-order valence-corrected chi connectivity index (χ0v) is 10.5. The second-order valence-corrected chi connectivity index (χ2v) is 7.93. The van der Waals surface area contributed by atoms with Gasteiger partial charge < -0.3 is 5.48 Å². The van der Waals surface area contributed by atoms with Crippen molar-refractivity contribution in [1.29, 1.82) is 0 Å². The van der Waals surface area contributed by atoms with Gasteiger partial charge in [0.25, 0.3) is 0 Å². The van der Waals surface area contributed by atoms with E-state index >= 15 is 0 Å². The zero-order chi connectivity index (χ0) is 11.1. The molecule has 2 aliphatic rings. The number of carbonyl (C=O) groups excluding carboxylic acids is 4. The zero-order valence-electron chi connectivity index (χ0n) is 7.68. The number of rotatable bonds is 0. The Kier molecular flexibility index (Phi) is 3.38. The maximum atomic E-state index is 10.9. The van der Waals surface area contributed by atoms with Crippen molar-refractivity contribution in [3.8, 4) is 0 Å². The topological polar surface area (TPSA) is 137 Å². The molecule has 0 aliphatic carbocycles. The van der Waals surface area contributed by atoms with Crippen molar-refractivity contribution in [1.82, 2.24) is 0 Å². The SMILES string of the molecule is O.O=C1CC(=O)[O][Sn]2([O]1)[O]C(=O)CC(=O)[O]2. The van der Waals surface area contributed by atoms with Gasteiger partial charge in [0.05, 0.1) is 0 Å². The van der Waals surface area contributed by atoms with Gasteiger partial charge in [-0.3, -0.25) is 0 Å². The van der Waals surface area contributed by atoms with Crippen LogP contribution in [0.25, 0.3) is 0 Å². The van der Waals surface area contributed by atoms with E-state index < -0.39 is 56.8 Å². The normalized spacial score (nSPS) is 22.5. The molecular formula is C6H6O9Sn. The summed E-state index contributed by atoms with van der Waals surface area (Å²) in [6.07, 6.45) is -1.15. The van der Waals surface area contributed by atoms with E-state index in [-0.39, 0.29) is 5.48 Å². The van der Waals surface area contributed by atoms with Crippen molar-refractivity contribution in [3.63, 3.8) is 0 Å². The van der Waals surface area contributed by atoms with Crippen molar-refractivity contribution in [2.24, 2.45) is 0 Å². The fourth-order valence-electron chi connectivity index (χ4n) is 1.06. The summed E-state index contributed by atoms with van der Waals surface area (Å²) in [6.45, 7) is 0. The fraction of sp³-hybridized carbons (Fsp3) is 0.333. The van der Waals surface area contributed by atoms with Gasteiger partial charge in [-0.15, -0.1) is 0 Å². The molecule has 0 unspecified atom stereocenters. The Bertz CT molecular complexity index is 303. The summed E-state index contributed by atoms with van der Waals surface area (Å²) in [5.74, 6) is -3.65. The number of hydrogen-bond donors (Lipinski definition) is 0. The minimum absolute atomic E-state index is 0. The van der Waals surface area contributed by atoms with Crippen LogP contribution < -0.4 is 0 Å². The summed E-state index contributed by atoms with van der Waals surface area (Å²) in [6, 6.07) is 0. The molecule has 0 radical (unpaired) electrons. The van der Waals surface area contributed by atoms with Crippen LogP contribution in [0.15, 0.2) is 0 Å². The van der Waals surface area contributed by atoms with E-state index in [0.29, 0.717) is 0 Å². The summed E-state index contributed by atoms with van der Waals surface area (Å²) in [5, 5.41) is 0. The Labute approximate surface area is 93.9 Å². The van der Waals surface area contributed by atoms with Gasteiger partial charge in [-0.25, -0.2) is 0 Å². The molecule has 0 aromatic carbocycles. The van der Waals surface area contributed by atoms with Crippen LogP contribution in [-0.2, 0) is 31.5 Å². The standard InChI is InChI=1S/2C3H4O4.H2O.Sn/c2*4-2(5)1-3(6)7;;/h2*1H2,(H,4,5)(H,6,7);1H2;/q;;;+4/p-4. The molecule has 2 fully saturated rings. The van der Waals surface area contributed by atoms with Crippen LogP contribution in [0.5, 0.6) is 0 Å². The Morgan fingerprint density at radius 3 is 1.19 bits per heavy atom. The first-order chi connectivity index (χ1) is 6.99. The van der Waals surface area contributed by atoms with Gasteiger partial charge in [-0.1, -0.05) is 0 Å². The molecule has 0 saturated carbocycles. The summed E-state index contributed by atoms with van der Waals surface area (Å²) >= 11 is -5.02. The van der Waals surface area contributed by atoms with Crippen LogP contribution >= 0.6 is 0 Å². The first-order valence-corrected chi connectivity index (χ1v) is 8.52. The van der Waals surface area contributed by atoms with Crippen LogP contribution in [0.2, 0.25) is 0 Å². The van der Waals surface area contributed by atoms with E-state index in [1.54, 1.807) is 0 Å². The predicted molar refractivity (Wildman–Crippen MR) is 43.0 cm³/mol. The molecule has 88 valence electrons. The quantitative estimate of drug-likeness (QED) is 0.351. The third-order valence-electron chi connectivity index (χ3n) is 1.53. The van der Waals surface area contributed by atoms with E-state index in [4.69, 9.17) is 0 Å². The van der Waals surface area contributed by atoms with Crippen LogP contribution in [0.1, 0.15) is 12.8 Å². The summed E-state index contributed by atoms with van der Waals surface area (Å²) in [7, 11) is 0. The summed E-state index contributed by atoms with van der Waals surface area (Å²) in [4.78, 5) is 43.6. The Morgan fingerprint density at radius 2 is 0.938 bits per heavy atom.